The number of thiazole rings is 1. The Morgan fingerprint density at radius 1 is 1.30 bits per heavy atom. The highest BCUT2D eigenvalue weighted by Crippen LogP contribution is 2.37. The van der Waals surface area contributed by atoms with Crippen molar-refractivity contribution >= 4 is 39.2 Å². The van der Waals surface area contributed by atoms with E-state index in [1.165, 1.54) is 11.3 Å². The molecule has 0 aliphatic carbocycles. The van der Waals surface area contributed by atoms with E-state index >= 15 is 0 Å². The minimum atomic E-state index is -0.116. The normalized spacial score (nSPS) is 13.0. The highest BCUT2D eigenvalue weighted by molar-refractivity contribution is 7.99. The van der Waals surface area contributed by atoms with Crippen molar-refractivity contribution in [2.75, 3.05) is 19.7 Å². The van der Waals surface area contributed by atoms with Crippen molar-refractivity contribution in [2.24, 2.45) is 4.99 Å². The van der Waals surface area contributed by atoms with Gasteiger partial charge in [-0.3, -0.25) is 4.79 Å². The number of amides is 1. The topological polar surface area (TPSA) is 62.1 Å². The first-order valence-electron chi connectivity index (χ1n) is 9.56. The molecule has 3 aromatic rings. The van der Waals surface area contributed by atoms with Crippen molar-refractivity contribution in [1.82, 2.24) is 4.57 Å². The summed E-state index contributed by atoms with van der Waals surface area (Å²) in [5.41, 5.74) is 0.964. The Kier molecular flexibility index (Phi) is 6.44. The maximum absolute atomic E-state index is 12.5. The van der Waals surface area contributed by atoms with Crippen LogP contribution >= 0.6 is 23.1 Å². The number of aromatic nitrogens is 1. The zero-order chi connectivity index (χ0) is 20.9. The third-order valence-corrected chi connectivity index (χ3v) is 6.71. The van der Waals surface area contributed by atoms with Gasteiger partial charge < -0.3 is 18.8 Å². The Balaban J connectivity index is 1.43. The second kappa shape index (κ2) is 9.40. The molecule has 0 atom stereocenters. The van der Waals surface area contributed by atoms with Gasteiger partial charge in [-0.25, -0.2) is 0 Å². The van der Waals surface area contributed by atoms with Crippen molar-refractivity contribution in [3.05, 3.63) is 53.9 Å². The fourth-order valence-electron chi connectivity index (χ4n) is 3.10. The van der Waals surface area contributed by atoms with E-state index in [0.29, 0.717) is 23.5 Å². The van der Waals surface area contributed by atoms with E-state index in [1.807, 2.05) is 41.0 Å². The number of rotatable bonds is 8. The molecule has 4 rings (SSSR count). The van der Waals surface area contributed by atoms with E-state index in [-0.39, 0.29) is 12.7 Å². The molecular weight excluding hydrogens is 420 g/mol. The smallest absolute Gasteiger partial charge is 0.248 e. The fourth-order valence-corrected chi connectivity index (χ4v) is 5.02. The number of methoxy groups -OCH3 is 1. The molecule has 0 spiro atoms. The lowest BCUT2D eigenvalue weighted by atomic mass is 10.3. The molecule has 1 aromatic heterocycles. The van der Waals surface area contributed by atoms with Crippen LogP contribution in [0.25, 0.3) is 10.2 Å². The van der Waals surface area contributed by atoms with Gasteiger partial charge in [0, 0.05) is 30.0 Å². The van der Waals surface area contributed by atoms with Crippen molar-refractivity contribution < 1.29 is 19.0 Å². The fraction of sp³-hybridized carbons (Fsp3) is 0.273. The monoisotopic (exact) mass is 442 g/mol. The van der Waals surface area contributed by atoms with Crippen LogP contribution in [0.5, 0.6) is 17.2 Å². The maximum atomic E-state index is 12.5. The van der Waals surface area contributed by atoms with Crippen molar-refractivity contribution in [3.63, 3.8) is 0 Å². The van der Waals surface area contributed by atoms with Crippen LogP contribution < -0.4 is 19.0 Å². The van der Waals surface area contributed by atoms with Crippen LogP contribution in [-0.4, -0.2) is 30.1 Å². The highest BCUT2D eigenvalue weighted by Gasteiger charge is 2.17. The number of thioether (sulfide) groups is 1. The third-order valence-electron chi connectivity index (χ3n) is 4.57. The SMILES string of the molecule is C=CCn1c(=NC(=O)CCCSc2ccc(OC)cc2)sc2cc3c(cc21)OCO3. The highest BCUT2D eigenvalue weighted by atomic mass is 32.2. The van der Waals surface area contributed by atoms with Gasteiger partial charge >= 0.3 is 0 Å². The zero-order valence-electron chi connectivity index (χ0n) is 16.6. The lowest BCUT2D eigenvalue weighted by Crippen LogP contribution is -2.16. The minimum Gasteiger partial charge on any atom is -0.497 e. The summed E-state index contributed by atoms with van der Waals surface area (Å²) >= 11 is 3.19. The van der Waals surface area contributed by atoms with E-state index in [9.17, 15) is 4.79 Å². The first-order chi connectivity index (χ1) is 14.7. The second-order valence-electron chi connectivity index (χ2n) is 6.59. The molecule has 6 nitrogen and oxygen atoms in total. The summed E-state index contributed by atoms with van der Waals surface area (Å²) < 4.78 is 19.1. The van der Waals surface area contributed by atoms with Crippen LogP contribution in [0.4, 0.5) is 0 Å². The van der Waals surface area contributed by atoms with Crippen molar-refractivity contribution in [1.29, 1.82) is 0 Å². The molecule has 0 fully saturated rings. The Hall–Kier alpha value is -2.71. The number of benzene rings is 2. The third kappa shape index (κ3) is 4.55. The van der Waals surface area contributed by atoms with Crippen LogP contribution in [0.2, 0.25) is 0 Å². The molecule has 156 valence electrons. The van der Waals surface area contributed by atoms with E-state index < -0.39 is 0 Å². The molecule has 2 heterocycles. The Bertz CT molecular complexity index is 1130. The molecule has 0 N–H and O–H groups in total. The Labute approximate surface area is 182 Å². The predicted molar refractivity (Wildman–Crippen MR) is 120 cm³/mol. The summed E-state index contributed by atoms with van der Waals surface area (Å²) in [5.74, 6) is 3.02. The molecule has 1 aliphatic rings. The lowest BCUT2D eigenvalue weighted by molar-refractivity contribution is -0.118. The van der Waals surface area contributed by atoms with Crippen molar-refractivity contribution in [2.45, 2.75) is 24.3 Å². The average Bonchev–Trinajstić information content (AvgIpc) is 3.34. The van der Waals surface area contributed by atoms with Crippen LogP contribution in [0.1, 0.15) is 12.8 Å². The number of carbonyl (C=O) groups excluding carboxylic acids is 1. The number of carbonyl (C=O) groups is 1. The summed E-state index contributed by atoms with van der Waals surface area (Å²) in [6, 6.07) is 11.8. The zero-order valence-corrected chi connectivity index (χ0v) is 18.3. The molecule has 8 heteroatoms. The van der Waals surface area contributed by atoms with Gasteiger partial charge in [-0.1, -0.05) is 17.4 Å². The second-order valence-corrected chi connectivity index (χ2v) is 8.77. The molecular formula is C22H22N2O4S2. The molecule has 0 saturated heterocycles. The molecule has 0 bridgehead atoms. The quantitative estimate of drug-likeness (QED) is 0.289. The maximum Gasteiger partial charge on any atom is 0.248 e. The van der Waals surface area contributed by atoms with Gasteiger partial charge in [-0.15, -0.1) is 18.3 Å². The summed E-state index contributed by atoms with van der Waals surface area (Å²) in [6.07, 6.45) is 2.97. The van der Waals surface area contributed by atoms with E-state index in [1.54, 1.807) is 24.9 Å². The molecule has 0 radical (unpaired) electrons. The van der Waals surface area contributed by atoms with Gasteiger partial charge in [0.05, 0.1) is 17.3 Å². The standard InChI is InChI=1S/C22H22N2O4S2/c1-3-10-24-17-12-18-19(28-14-27-18)13-20(17)30-22(24)23-21(25)5-4-11-29-16-8-6-15(26-2)7-9-16/h3,6-9,12-13H,1,4-5,10-11,14H2,2H3. The summed E-state index contributed by atoms with van der Waals surface area (Å²) in [5, 5.41) is 0. The van der Waals surface area contributed by atoms with Gasteiger partial charge in [0.1, 0.15) is 5.75 Å². The first kappa shape index (κ1) is 20.6. The largest absolute Gasteiger partial charge is 0.497 e. The molecule has 2 aromatic carbocycles. The first-order valence-corrected chi connectivity index (χ1v) is 11.4. The molecule has 0 saturated carbocycles. The van der Waals surface area contributed by atoms with Gasteiger partial charge in [0.15, 0.2) is 16.3 Å². The minimum absolute atomic E-state index is 0.116. The van der Waals surface area contributed by atoms with Gasteiger partial charge in [0.2, 0.25) is 12.7 Å². The van der Waals surface area contributed by atoms with E-state index in [2.05, 4.69) is 11.6 Å². The number of allylic oxidation sites excluding steroid dienone is 1. The van der Waals surface area contributed by atoms with E-state index in [4.69, 9.17) is 14.2 Å². The van der Waals surface area contributed by atoms with E-state index in [0.717, 1.165) is 38.8 Å². The molecule has 30 heavy (non-hydrogen) atoms. The molecule has 0 unspecified atom stereocenters. The number of hydrogen-bond donors (Lipinski definition) is 0. The number of fused-ring (bicyclic) bond motifs is 2. The number of ether oxygens (including phenoxy) is 3. The van der Waals surface area contributed by atoms with Gasteiger partial charge in [-0.05, 0) is 36.4 Å². The number of hydrogen-bond acceptors (Lipinski definition) is 6. The lowest BCUT2D eigenvalue weighted by Gasteiger charge is -2.03. The van der Waals surface area contributed by atoms with Crippen LogP contribution in [0, 0.1) is 0 Å². The Morgan fingerprint density at radius 2 is 2.07 bits per heavy atom. The predicted octanol–water partition coefficient (Wildman–Crippen LogP) is 4.63. The van der Waals surface area contributed by atoms with Crippen LogP contribution in [-0.2, 0) is 11.3 Å². The summed E-state index contributed by atoms with van der Waals surface area (Å²) in [7, 11) is 1.65. The molecule has 1 amide bonds. The van der Waals surface area contributed by atoms with Crippen molar-refractivity contribution in [3.8, 4) is 17.2 Å². The molecule has 1 aliphatic heterocycles. The van der Waals surface area contributed by atoms with Gasteiger partial charge in [-0.2, -0.15) is 4.99 Å². The summed E-state index contributed by atoms with van der Waals surface area (Å²) in [6.45, 7) is 4.63. The average molecular weight is 443 g/mol. The summed E-state index contributed by atoms with van der Waals surface area (Å²) in [4.78, 5) is 18.7. The van der Waals surface area contributed by atoms with Gasteiger partial charge in [0.25, 0.3) is 0 Å². The Morgan fingerprint density at radius 3 is 2.80 bits per heavy atom. The van der Waals surface area contributed by atoms with Crippen LogP contribution in [0.15, 0.2) is 58.9 Å². The van der Waals surface area contributed by atoms with Crippen LogP contribution in [0.3, 0.4) is 0 Å². The number of nitrogens with zero attached hydrogens (tertiary/aromatic N) is 2.